The van der Waals surface area contributed by atoms with E-state index in [4.69, 9.17) is 10.7 Å². The van der Waals surface area contributed by atoms with Crippen molar-refractivity contribution in [3.63, 3.8) is 0 Å². The quantitative estimate of drug-likeness (QED) is 0.384. The predicted molar refractivity (Wildman–Crippen MR) is 144 cm³/mol. The number of nitrogens with zero attached hydrogens (tertiary/aromatic N) is 5. The summed E-state index contributed by atoms with van der Waals surface area (Å²) >= 11 is 1.36. The zero-order valence-electron chi connectivity index (χ0n) is 20.9. The van der Waals surface area contributed by atoms with Crippen molar-refractivity contribution >= 4 is 39.6 Å². The standard InChI is InChI=1S/C27H27N7O2S/c1-4-6-20(35)34-19(5-2)11-12-27(34,3)25-31-21(22-23(28)29-13-15-33(22)25)17-7-9-18(10-8-17)24(36)32-26-30-14-16-37-26/h7-10,13-16,19H,5,11-12H2,1-3H3,(H2,28,29)(H,30,32,36). The van der Waals surface area contributed by atoms with Crippen LogP contribution in [0.1, 0.15) is 56.2 Å². The second kappa shape index (κ2) is 9.67. The van der Waals surface area contributed by atoms with Gasteiger partial charge in [-0.05, 0) is 51.2 Å². The number of nitrogen functional groups attached to an aromatic ring is 1. The smallest absolute Gasteiger partial charge is 0.299 e. The minimum Gasteiger partial charge on any atom is -0.382 e. The van der Waals surface area contributed by atoms with Crippen molar-refractivity contribution in [3.05, 3.63) is 59.6 Å². The van der Waals surface area contributed by atoms with Gasteiger partial charge in [0.05, 0.1) is 5.54 Å². The fraction of sp³-hybridized carbons (Fsp3) is 0.296. The SMILES string of the molecule is CC#CC(=O)N1C(CC)CCC1(C)c1nc(-c2ccc(C(=O)Nc3nccs3)cc2)c2c(N)nccn12. The Bertz CT molecular complexity index is 1530. The molecule has 0 bridgehead atoms. The van der Waals surface area contributed by atoms with E-state index in [0.717, 1.165) is 24.8 Å². The molecule has 1 aliphatic heterocycles. The summed E-state index contributed by atoms with van der Waals surface area (Å²) < 4.78 is 1.93. The van der Waals surface area contributed by atoms with E-state index in [9.17, 15) is 9.59 Å². The van der Waals surface area contributed by atoms with Gasteiger partial charge in [-0.3, -0.25) is 19.3 Å². The molecule has 5 rings (SSSR count). The Balaban J connectivity index is 1.58. The molecule has 0 aliphatic carbocycles. The maximum absolute atomic E-state index is 13.1. The molecule has 4 aromatic rings. The van der Waals surface area contributed by atoms with Gasteiger partial charge in [-0.15, -0.1) is 11.3 Å². The number of anilines is 2. The number of fused-ring (bicyclic) bond motifs is 1. The number of likely N-dealkylation sites (tertiary alicyclic amines) is 1. The number of hydrogen-bond acceptors (Lipinski definition) is 7. The third kappa shape index (κ3) is 4.21. The largest absolute Gasteiger partial charge is 0.382 e. The van der Waals surface area contributed by atoms with Crippen LogP contribution in [-0.4, -0.2) is 42.1 Å². The second-order valence-electron chi connectivity index (χ2n) is 9.11. The Labute approximate surface area is 218 Å². The average molecular weight is 514 g/mol. The van der Waals surface area contributed by atoms with E-state index in [1.807, 2.05) is 34.6 Å². The molecule has 3 aromatic heterocycles. The molecule has 37 heavy (non-hydrogen) atoms. The lowest BCUT2D eigenvalue weighted by atomic mass is 9.97. The number of rotatable bonds is 5. The first-order valence-electron chi connectivity index (χ1n) is 12.1. The van der Waals surface area contributed by atoms with Gasteiger partial charge in [-0.25, -0.2) is 15.0 Å². The third-order valence-corrected chi connectivity index (χ3v) is 7.61. The minimum atomic E-state index is -0.676. The summed E-state index contributed by atoms with van der Waals surface area (Å²) in [6.07, 6.45) is 7.54. The van der Waals surface area contributed by atoms with Crippen LogP contribution in [0.3, 0.4) is 0 Å². The van der Waals surface area contributed by atoms with Gasteiger partial charge >= 0.3 is 0 Å². The highest BCUT2D eigenvalue weighted by Gasteiger charge is 2.48. The van der Waals surface area contributed by atoms with E-state index < -0.39 is 5.54 Å². The Kier molecular flexibility index (Phi) is 6.39. The van der Waals surface area contributed by atoms with Crippen molar-refractivity contribution in [1.29, 1.82) is 0 Å². The molecule has 4 heterocycles. The van der Waals surface area contributed by atoms with E-state index in [0.29, 0.717) is 33.5 Å². The molecule has 0 radical (unpaired) electrons. The first kappa shape index (κ1) is 24.5. The minimum absolute atomic E-state index is 0.0731. The summed E-state index contributed by atoms with van der Waals surface area (Å²) in [4.78, 5) is 41.1. The molecule has 1 fully saturated rings. The highest BCUT2D eigenvalue weighted by atomic mass is 32.1. The maximum Gasteiger partial charge on any atom is 0.299 e. The average Bonchev–Trinajstić information content (AvgIpc) is 3.62. The Hall–Kier alpha value is -4.23. The zero-order chi connectivity index (χ0) is 26.2. The molecular weight excluding hydrogens is 486 g/mol. The molecular formula is C27H27N7O2S. The van der Waals surface area contributed by atoms with E-state index >= 15 is 0 Å². The summed E-state index contributed by atoms with van der Waals surface area (Å²) in [5.74, 6) is 6.07. The fourth-order valence-electron chi connectivity index (χ4n) is 5.14. The number of carbonyl (C=O) groups excluding carboxylic acids is 2. The fourth-order valence-corrected chi connectivity index (χ4v) is 5.67. The normalized spacial score (nSPS) is 19.0. The summed E-state index contributed by atoms with van der Waals surface area (Å²) in [6, 6.07) is 7.24. The highest BCUT2D eigenvalue weighted by molar-refractivity contribution is 7.13. The molecule has 3 N–H and O–H groups in total. The number of thiazole rings is 1. The summed E-state index contributed by atoms with van der Waals surface area (Å²) in [5, 5.41) is 5.13. The van der Waals surface area contributed by atoms with Crippen LogP contribution < -0.4 is 11.1 Å². The summed E-state index contributed by atoms with van der Waals surface area (Å²) in [6.45, 7) is 5.79. The molecule has 9 nitrogen and oxygen atoms in total. The van der Waals surface area contributed by atoms with Gasteiger partial charge < -0.3 is 10.6 Å². The molecule has 0 spiro atoms. The van der Waals surface area contributed by atoms with Gasteiger partial charge in [0.25, 0.3) is 11.8 Å². The molecule has 188 valence electrons. The molecule has 0 saturated carbocycles. The molecule has 2 unspecified atom stereocenters. The zero-order valence-corrected chi connectivity index (χ0v) is 21.7. The highest BCUT2D eigenvalue weighted by Crippen LogP contribution is 2.44. The van der Waals surface area contributed by atoms with Crippen LogP contribution in [0.15, 0.2) is 48.2 Å². The molecule has 1 saturated heterocycles. The number of benzene rings is 1. The van der Waals surface area contributed by atoms with Gasteiger partial charge in [0, 0.05) is 41.1 Å². The van der Waals surface area contributed by atoms with Gasteiger partial charge in [0.2, 0.25) is 0 Å². The van der Waals surface area contributed by atoms with Gasteiger partial charge in [0.1, 0.15) is 22.9 Å². The van der Waals surface area contributed by atoms with Crippen molar-refractivity contribution in [1.82, 2.24) is 24.3 Å². The first-order chi connectivity index (χ1) is 17.9. The van der Waals surface area contributed by atoms with Crippen LogP contribution in [0.2, 0.25) is 0 Å². The number of nitrogens with one attached hydrogen (secondary N) is 1. The molecule has 1 aromatic carbocycles. The van der Waals surface area contributed by atoms with Crippen LogP contribution in [0.25, 0.3) is 16.8 Å². The van der Waals surface area contributed by atoms with Gasteiger partial charge in [0.15, 0.2) is 5.13 Å². The van der Waals surface area contributed by atoms with Crippen molar-refractivity contribution in [2.45, 2.75) is 51.6 Å². The number of imidazole rings is 1. The summed E-state index contributed by atoms with van der Waals surface area (Å²) in [7, 11) is 0. The van der Waals surface area contributed by atoms with Crippen molar-refractivity contribution in [3.8, 4) is 23.1 Å². The monoisotopic (exact) mass is 513 g/mol. The number of aromatic nitrogens is 4. The van der Waals surface area contributed by atoms with E-state index in [1.54, 1.807) is 36.8 Å². The lowest BCUT2D eigenvalue weighted by Gasteiger charge is -2.36. The summed E-state index contributed by atoms with van der Waals surface area (Å²) in [5.41, 5.74) is 8.26. The topological polar surface area (TPSA) is 119 Å². The Morgan fingerprint density at radius 2 is 2.03 bits per heavy atom. The van der Waals surface area contributed by atoms with E-state index in [1.165, 1.54) is 11.3 Å². The van der Waals surface area contributed by atoms with Crippen molar-refractivity contribution < 1.29 is 9.59 Å². The van der Waals surface area contributed by atoms with Gasteiger partial charge in [-0.2, -0.15) is 0 Å². The lowest BCUT2D eigenvalue weighted by Crippen LogP contribution is -2.47. The van der Waals surface area contributed by atoms with E-state index in [2.05, 4.69) is 34.0 Å². The first-order valence-corrected chi connectivity index (χ1v) is 13.0. The third-order valence-electron chi connectivity index (χ3n) is 6.92. The van der Waals surface area contributed by atoms with E-state index in [-0.39, 0.29) is 17.9 Å². The molecule has 1 aliphatic rings. The van der Waals surface area contributed by atoms with Crippen LogP contribution in [0.4, 0.5) is 10.9 Å². The number of nitrogens with two attached hydrogens (primary N) is 1. The van der Waals surface area contributed by atoms with Gasteiger partial charge in [-0.1, -0.05) is 25.0 Å². The number of carbonyl (C=O) groups is 2. The number of amides is 2. The van der Waals surface area contributed by atoms with Crippen molar-refractivity contribution in [2.24, 2.45) is 0 Å². The predicted octanol–water partition coefficient (Wildman–Crippen LogP) is 4.33. The Morgan fingerprint density at radius 3 is 2.70 bits per heavy atom. The van der Waals surface area contributed by atoms with Crippen molar-refractivity contribution in [2.75, 3.05) is 11.1 Å². The van der Waals surface area contributed by atoms with Crippen LogP contribution in [0, 0.1) is 11.8 Å². The molecule has 2 atom stereocenters. The second-order valence-corrected chi connectivity index (χ2v) is 10.0. The lowest BCUT2D eigenvalue weighted by molar-refractivity contribution is -0.131. The van der Waals surface area contributed by atoms with Crippen LogP contribution in [0.5, 0.6) is 0 Å². The van der Waals surface area contributed by atoms with Crippen LogP contribution in [-0.2, 0) is 10.3 Å². The Morgan fingerprint density at radius 1 is 1.24 bits per heavy atom. The molecule has 2 amide bonds. The number of hydrogen-bond donors (Lipinski definition) is 2. The van der Waals surface area contributed by atoms with Crippen LogP contribution >= 0.6 is 11.3 Å². The maximum atomic E-state index is 13.1. The molecule has 10 heteroatoms.